The van der Waals surface area contributed by atoms with Crippen molar-refractivity contribution in [2.75, 3.05) is 38.8 Å². The molecule has 1 N–H and O–H groups in total. The van der Waals surface area contributed by atoms with E-state index in [0.717, 1.165) is 32.0 Å². The van der Waals surface area contributed by atoms with Crippen LogP contribution >= 0.6 is 11.8 Å². The average Bonchev–Trinajstić information content (AvgIpc) is 2.44. The number of para-hydroxylation sites is 1. The van der Waals surface area contributed by atoms with Crippen LogP contribution in [0.4, 0.5) is 0 Å². The lowest BCUT2D eigenvalue weighted by atomic mass is 10.2. The van der Waals surface area contributed by atoms with Gasteiger partial charge in [-0.25, -0.2) is 0 Å². The summed E-state index contributed by atoms with van der Waals surface area (Å²) in [4.78, 5) is 2.31. The van der Waals surface area contributed by atoms with E-state index in [0.29, 0.717) is 6.04 Å². The number of likely N-dealkylation sites (N-methyl/N-ethyl adjacent to an activating group) is 1. The number of hydrogen-bond donors (Lipinski definition) is 1. The number of nitrogens with one attached hydrogen (secondary N) is 1. The van der Waals surface area contributed by atoms with Gasteiger partial charge in [-0.15, -0.1) is 0 Å². The van der Waals surface area contributed by atoms with Gasteiger partial charge in [0.2, 0.25) is 0 Å². The number of rotatable bonds is 10. The van der Waals surface area contributed by atoms with E-state index in [-0.39, 0.29) is 0 Å². The van der Waals surface area contributed by atoms with Crippen molar-refractivity contribution in [3.63, 3.8) is 0 Å². The molecule has 0 aliphatic heterocycles. The molecule has 0 bridgehead atoms. The molecule has 0 fully saturated rings. The highest BCUT2D eigenvalue weighted by molar-refractivity contribution is 7.98. The SMILES string of the molecule is CSCCN(C)CCOc1ccccc1CNC(C)C. The molecule has 0 saturated carbocycles. The lowest BCUT2D eigenvalue weighted by Gasteiger charge is -2.18. The Morgan fingerprint density at radius 3 is 2.70 bits per heavy atom. The van der Waals surface area contributed by atoms with Gasteiger partial charge in [-0.2, -0.15) is 11.8 Å². The van der Waals surface area contributed by atoms with E-state index in [4.69, 9.17) is 4.74 Å². The van der Waals surface area contributed by atoms with Crippen LogP contribution < -0.4 is 10.1 Å². The first-order valence-electron chi connectivity index (χ1n) is 7.25. The minimum atomic E-state index is 0.487. The van der Waals surface area contributed by atoms with E-state index >= 15 is 0 Å². The maximum Gasteiger partial charge on any atom is 0.123 e. The van der Waals surface area contributed by atoms with Gasteiger partial charge in [0, 0.05) is 37.0 Å². The summed E-state index contributed by atoms with van der Waals surface area (Å²) in [7, 11) is 2.14. The normalized spacial score (nSPS) is 11.3. The molecule has 0 aliphatic rings. The predicted octanol–water partition coefficient (Wildman–Crippen LogP) is 2.86. The number of nitrogens with zero attached hydrogens (tertiary/aromatic N) is 1. The van der Waals surface area contributed by atoms with Crippen LogP contribution in [-0.4, -0.2) is 49.7 Å². The van der Waals surface area contributed by atoms with Crippen molar-refractivity contribution in [2.45, 2.75) is 26.4 Å². The summed E-state index contributed by atoms with van der Waals surface area (Å²) in [6.07, 6.45) is 2.14. The van der Waals surface area contributed by atoms with Crippen molar-refractivity contribution < 1.29 is 4.74 Å². The van der Waals surface area contributed by atoms with Gasteiger partial charge in [-0.1, -0.05) is 32.0 Å². The monoisotopic (exact) mass is 296 g/mol. The fourth-order valence-corrected chi connectivity index (χ4v) is 2.27. The van der Waals surface area contributed by atoms with Gasteiger partial charge in [-0.3, -0.25) is 0 Å². The van der Waals surface area contributed by atoms with Crippen LogP contribution in [0.15, 0.2) is 24.3 Å². The molecule has 0 heterocycles. The fourth-order valence-electron chi connectivity index (χ4n) is 1.78. The average molecular weight is 296 g/mol. The van der Waals surface area contributed by atoms with Gasteiger partial charge in [0.25, 0.3) is 0 Å². The highest BCUT2D eigenvalue weighted by Crippen LogP contribution is 2.17. The fraction of sp³-hybridized carbons (Fsp3) is 0.625. The molecule has 0 spiro atoms. The zero-order valence-corrected chi connectivity index (χ0v) is 14.0. The van der Waals surface area contributed by atoms with E-state index in [9.17, 15) is 0 Å². The molecular weight excluding hydrogens is 268 g/mol. The second-order valence-corrected chi connectivity index (χ2v) is 6.27. The molecule has 114 valence electrons. The van der Waals surface area contributed by atoms with Crippen molar-refractivity contribution in [3.05, 3.63) is 29.8 Å². The topological polar surface area (TPSA) is 24.5 Å². The van der Waals surface area contributed by atoms with Crippen LogP contribution in [0.2, 0.25) is 0 Å². The molecule has 0 radical (unpaired) electrons. The molecule has 1 rings (SSSR count). The largest absolute Gasteiger partial charge is 0.492 e. The first kappa shape index (κ1) is 17.3. The number of benzene rings is 1. The van der Waals surface area contributed by atoms with Crippen LogP contribution in [0.5, 0.6) is 5.75 Å². The Labute approximate surface area is 128 Å². The number of ether oxygens (including phenoxy) is 1. The molecule has 0 amide bonds. The lowest BCUT2D eigenvalue weighted by molar-refractivity contribution is 0.243. The molecular formula is C16H28N2OS. The smallest absolute Gasteiger partial charge is 0.123 e. The van der Waals surface area contributed by atoms with Gasteiger partial charge in [0.1, 0.15) is 12.4 Å². The highest BCUT2D eigenvalue weighted by Gasteiger charge is 2.04. The molecule has 0 unspecified atom stereocenters. The Bertz CT molecular complexity index is 371. The van der Waals surface area contributed by atoms with Crippen LogP contribution in [0.25, 0.3) is 0 Å². The predicted molar refractivity (Wildman–Crippen MR) is 89.8 cm³/mol. The van der Waals surface area contributed by atoms with Crippen LogP contribution in [0.3, 0.4) is 0 Å². The summed E-state index contributed by atoms with van der Waals surface area (Å²) in [5.74, 6) is 2.17. The Hall–Kier alpha value is -0.710. The third kappa shape index (κ3) is 7.17. The van der Waals surface area contributed by atoms with Crippen molar-refractivity contribution in [3.8, 4) is 5.75 Å². The molecule has 1 aromatic carbocycles. The van der Waals surface area contributed by atoms with Gasteiger partial charge in [0.15, 0.2) is 0 Å². The van der Waals surface area contributed by atoms with E-state index in [1.165, 1.54) is 11.3 Å². The Kier molecular flexibility index (Phi) is 8.74. The summed E-state index contributed by atoms with van der Waals surface area (Å²) >= 11 is 1.88. The highest BCUT2D eigenvalue weighted by atomic mass is 32.2. The first-order chi connectivity index (χ1) is 9.63. The second kappa shape index (κ2) is 10.1. The second-order valence-electron chi connectivity index (χ2n) is 5.29. The Balaban J connectivity index is 2.39. The maximum atomic E-state index is 5.93. The molecule has 20 heavy (non-hydrogen) atoms. The molecule has 1 aromatic rings. The quantitative estimate of drug-likeness (QED) is 0.717. The molecule has 0 aliphatic carbocycles. The standard InChI is InChI=1S/C16H28N2OS/c1-14(2)17-13-15-7-5-6-8-16(15)19-11-9-18(3)10-12-20-4/h5-8,14,17H,9-13H2,1-4H3. The summed E-state index contributed by atoms with van der Waals surface area (Å²) in [6.45, 7) is 7.99. The lowest BCUT2D eigenvalue weighted by Crippen LogP contribution is -2.27. The number of thioether (sulfide) groups is 1. The third-order valence-electron chi connectivity index (χ3n) is 3.08. The van der Waals surface area contributed by atoms with Crippen molar-refractivity contribution >= 4 is 11.8 Å². The number of hydrogen-bond acceptors (Lipinski definition) is 4. The molecule has 0 saturated heterocycles. The summed E-state index contributed by atoms with van der Waals surface area (Å²) in [5, 5.41) is 3.44. The maximum absolute atomic E-state index is 5.93. The molecule has 3 nitrogen and oxygen atoms in total. The third-order valence-corrected chi connectivity index (χ3v) is 3.67. The first-order valence-corrected chi connectivity index (χ1v) is 8.64. The molecule has 0 aromatic heterocycles. The van der Waals surface area contributed by atoms with E-state index in [1.54, 1.807) is 0 Å². The zero-order chi connectivity index (χ0) is 14.8. The minimum absolute atomic E-state index is 0.487. The Morgan fingerprint density at radius 2 is 2.00 bits per heavy atom. The van der Waals surface area contributed by atoms with Crippen molar-refractivity contribution in [1.82, 2.24) is 10.2 Å². The van der Waals surface area contributed by atoms with Crippen LogP contribution in [0, 0.1) is 0 Å². The summed E-state index contributed by atoms with van der Waals surface area (Å²) < 4.78 is 5.93. The van der Waals surface area contributed by atoms with E-state index in [2.05, 4.69) is 55.6 Å². The molecule has 0 atom stereocenters. The minimum Gasteiger partial charge on any atom is -0.492 e. The van der Waals surface area contributed by atoms with Crippen molar-refractivity contribution in [2.24, 2.45) is 0 Å². The van der Waals surface area contributed by atoms with Gasteiger partial charge < -0.3 is 15.0 Å². The van der Waals surface area contributed by atoms with Crippen LogP contribution in [-0.2, 0) is 6.54 Å². The van der Waals surface area contributed by atoms with Gasteiger partial charge in [0.05, 0.1) is 0 Å². The van der Waals surface area contributed by atoms with E-state index in [1.807, 2.05) is 17.8 Å². The summed E-state index contributed by atoms with van der Waals surface area (Å²) in [5.41, 5.74) is 1.23. The van der Waals surface area contributed by atoms with Gasteiger partial charge >= 0.3 is 0 Å². The molecule has 4 heteroatoms. The van der Waals surface area contributed by atoms with Gasteiger partial charge in [-0.05, 0) is 19.4 Å². The zero-order valence-electron chi connectivity index (χ0n) is 13.2. The van der Waals surface area contributed by atoms with Crippen LogP contribution in [0.1, 0.15) is 19.4 Å². The van der Waals surface area contributed by atoms with E-state index < -0.39 is 0 Å². The Morgan fingerprint density at radius 1 is 1.25 bits per heavy atom. The van der Waals surface area contributed by atoms with Crippen molar-refractivity contribution in [1.29, 1.82) is 0 Å². The summed E-state index contributed by atoms with van der Waals surface area (Å²) in [6, 6.07) is 8.77.